The highest BCUT2D eigenvalue weighted by Gasteiger charge is 2.13. The van der Waals surface area contributed by atoms with Crippen LogP contribution < -0.4 is 5.32 Å². The van der Waals surface area contributed by atoms with Crippen LogP contribution in [0.3, 0.4) is 0 Å². The summed E-state index contributed by atoms with van der Waals surface area (Å²) < 4.78 is 0. The van der Waals surface area contributed by atoms with E-state index in [0.29, 0.717) is 6.04 Å². The maximum Gasteiger partial charge on any atom is 0.0148 e. The van der Waals surface area contributed by atoms with Gasteiger partial charge in [-0.25, -0.2) is 0 Å². The Morgan fingerprint density at radius 2 is 1.80 bits per heavy atom. The van der Waals surface area contributed by atoms with Gasteiger partial charge in [-0.15, -0.1) is 0 Å². The lowest BCUT2D eigenvalue weighted by molar-refractivity contribution is 0.520. The molecule has 2 heteroatoms. The van der Waals surface area contributed by atoms with Crippen LogP contribution in [0, 0.1) is 20.8 Å². The van der Waals surface area contributed by atoms with Gasteiger partial charge >= 0.3 is 0 Å². The molecule has 1 aromatic heterocycles. The van der Waals surface area contributed by atoms with Crippen molar-refractivity contribution in [1.29, 1.82) is 0 Å². The Labute approximate surface area is 127 Å². The molecule has 2 aromatic rings. The van der Waals surface area contributed by atoms with E-state index in [4.69, 9.17) is 0 Å². The quantitative estimate of drug-likeness (QED) is 0.828. The van der Waals surface area contributed by atoms with Gasteiger partial charge in [0.2, 0.25) is 0 Å². The second-order valence-electron chi connectivity index (χ2n) is 5.67. The van der Waals surface area contributed by atoms with Gasteiger partial charge in [-0.3, -0.25) is 0 Å². The van der Waals surface area contributed by atoms with Gasteiger partial charge in [-0.1, -0.05) is 24.6 Å². The third kappa shape index (κ3) is 3.94. The molecule has 0 spiro atoms. The van der Waals surface area contributed by atoms with Crippen LogP contribution in [0.15, 0.2) is 29.0 Å². The third-order valence-corrected chi connectivity index (χ3v) is 4.58. The van der Waals surface area contributed by atoms with Gasteiger partial charge in [0, 0.05) is 6.04 Å². The van der Waals surface area contributed by atoms with Gasteiger partial charge in [0.05, 0.1) is 0 Å². The Hall–Kier alpha value is -1.12. The molecule has 0 aliphatic rings. The zero-order valence-corrected chi connectivity index (χ0v) is 13.8. The van der Waals surface area contributed by atoms with Crippen LogP contribution in [0.4, 0.5) is 0 Å². The molecule has 0 aliphatic heterocycles. The first-order valence-corrected chi connectivity index (χ1v) is 8.35. The summed E-state index contributed by atoms with van der Waals surface area (Å²) in [6.07, 6.45) is 2.23. The standard InChI is InChI=1S/C18H25NS/c1-5-19-17(10-16-6-7-20-12-16)11-18-14(3)8-13(2)9-15(18)4/h6-9,12,17,19H,5,10-11H2,1-4H3. The summed E-state index contributed by atoms with van der Waals surface area (Å²) in [6.45, 7) is 9.87. The highest BCUT2D eigenvalue weighted by molar-refractivity contribution is 7.07. The van der Waals surface area contributed by atoms with E-state index in [1.165, 1.54) is 27.8 Å². The van der Waals surface area contributed by atoms with E-state index in [-0.39, 0.29) is 0 Å². The van der Waals surface area contributed by atoms with Crippen molar-refractivity contribution < 1.29 is 0 Å². The molecule has 108 valence electrons. The number of thiophene rings is 1. The average Bonchev–Trinajstić information content (AvgIpc) is 2.86. The van der Waals surface area contributed by atoms with Crippen molar-refractivity contribution in [3.05, 3.63) is 56.8 Å². The van der Waals surface area contributed by atoms with Crippen LogP contribution in [0.5, 0.6) is 0 Å². The minimum absolute atomic E-state index is 0.523. The number of aryl methyl sites for hydroxylation is 3. The fraction of sp³-hybridized carbons (Fsp3) is 0.444. The number of hydrogen-bond acceptors (Lipinski definition) is 2. The zero-order chi connectivity index (χ0) is 14.5. The van der Waals surface area contributed by atoms with Crippen molar-refractivity contribution in [3.63, 3.8) is 0 Å². The van der Waals surface area contributed by atoms with Crippen molar-refractivity contribution in [2.24, 2.45) is 0 Å². The maximum atomic E-state index is 3.64. The van der Waals surface area contributed by atoms with Gasteiger partial charge in [0.1, 0.15) is 0 Å². The van der Waals surface area contributed by atoms with Crippen molar-refractivity contribution in [2.75, 3.05) is 6.54 Å². The topological polar surface area (TPSA) is 12.0 Å². The second kappa shape index (κ2) is 7.05. The van der Waals surface area contributed by atoms with Crippen LogP contribution in [0.2, 0.25) is 0 Å². The van der Waals surface area contributed by atoms with Crippen molar-refractivity contribution in [1.82, 2.24) is 5.32 Å². The highest BCUT2D eigenvalue weighted by Crippen LogP contribution is 2.20. The molecule has 1 unspecified atom stereocenters. The number of nitrogens with one attached hydrogen (secondary N) is 1. The Kier molecular flexibility index (Phi) is 5.38. The van der Waals surface area contributed by atoms with Gasteiger partial charge < -0.3 is 5.32 Å². The van der Waals surface area contributed by atoms with Gasteiger partial charge in [-0.2, -0.15) is 11.3 Å². The predicted molar refractivity (Wildman–Crippen MR) is 89.8 cm³/mol. The molecular weight excluding hydrogens is 262 g/mol. The monoisotopic (exact) mass is 287 g/mol. The molecular formula is C18H25NS. The molecule has 0 bridgehead atoms. The molecule has 1 N–H and O–H groups in total. The summed E-state index contributed by atoms with van der Waals surface area (Å²) >= 11 is 1.79. The van der Waals surface area contributed by atoms with Gasteiger partial charge in [-0.05, 0) is 79.2 Å². The molecule has 0 aliphatic carbocycles. The summed E-state index contributed by atoms with van der Waals surface area (Å²) in [7, 11) is 0. The SMILES string of the molecule is CCNC(Cc1ccsc1)Cc1c(C)cc(C)cc1C. The Morgan fingerprint density at radius 3 is 2.35 bits per heavy atom. The van der Waals surface area contributed by atoms with E-state index in [9.17, 15) is 0 Å². The Bertz CT molecular complexity index is 520. The first-order chi connectivity index (χ1) is 9.60. The predicted octanol–water partition coefficient (Wildman–Crippen LogP) is 4.44. The molecule has 0 saturated heterocycles. The third-order valence-electron chi connectivity index (χ3n) is 3.85. The van der Waals surface area contributed by atoms with Crippen LogP contribution in [0.25, 0.3) is 0 Å². The van der Waals surface area contributed by atoms with Crippen molar-refractivity contribution in [2.45, 2.75) is 46.6 Å². The van der Waals surface area contributed by atoms with E-state index in [1.807, 2.05) is 0 Å². The zero-order valence-electron chi connectivity index (χ0n) is 13.0. The molecule has 0 fully saturated rings. The van der Waals surface area contributed by atoms with E-state index in [0.717, 1.165) is 19.4 Å². The van der Waals surface area contributed by atoms with Crippen LogP contribution in [-0.2, 0) is 12.8 Å². The van der Waals surface area contributed by atoms with Gasteiger partial charge in [0.15, 0.2) is 0 Å². The van der Waals surface area contributed by atoms with Gasteiger partial charge in [0.25, 0.3) is 0 Å². The number of benzene rings is 1. The van der Waals surface area contributed by atoms with Crippen LogP contribution >= 0.6 is 11.3 Å². The molecule has 1 nitrogen and oxygen atoms in total. The number of likely N-dealkylation sites (N-methyl/N-ethyl adjacent to an activating group) is 1. The molecule has 0 saturated carbocycles. The summed E-state index contributed by atoms with van der Waals surface area (Å²) in [4.78, 5) is 0. The Balaban J connectivity index is 2.15. The smallest absolute Gasteiger partial charge is 0.0148 e. The van der Waals surface area contributed by atoms with Crippen molar-refractivity contribution in [3.8, 4) is 0 Å². The normalized spacial score (nSPS) is 12.6. The Morgan fingerprint density at radius 1 is 1.10 bits per heavy atom. The van der Waals surface area contributed by atoms with Crippen LogP contribution in [-0.4, -0.2) is 12.6 Å². The lowest BCUT2D eigenvalue weighted by Crippen LogP contribution is -2.33. The minimum Gasteiger partial charge on any atom is -0.314 e. The average molecular weight is 287 g/mol. The maximum absolute atomic E-state index is 3.64. The molecule has 2 rings (SSSR count). The number of rotatable bonds is 6. The summed E-state index contributed by atoms with van der Waals surface area (Å²) in [5, 5.41) is 8.07. The second-order valence-corrected chi connectivity index (χ2v) is 6.45. The molecule has 0 amide bonds. The molecule has 20 heavy (non-hydrogen) atoms. The minimum atomic E-state index is 0.523. The first kappa shape index (κ1) is 15.3. The number of hydrogen-bond donors (Lipinski definition) is 1. The lowest BCUT2D eigenvalue weighted by atomic mass is 9.92. The van der Waals surface area contributed by atoms with Crippen molar-refractivity contribution >= 4 is 11.3 Å². The molecule has 1 heterocycles. The van der Waals surface area contributed by atoms with E-state index < -0.39 is 0 Å². The molecule has 1 atom stereocenters. The van der Waals surface area contributed by atoms with E-state index in [1.54, 1.807) is 11.3 Å². The highest BCUT2D eigenvalue weighted by atomic mass is 32.1. The molecule has 0 radical (unpaired) electrons. The van der Waals surface area contributed by atoms with Crippen LogP contribution in [0.1, 0.15) is 34.7 Å². The summed E-state index contributed by atoms with van der Waals surface area (Å²) in [5.74, 6) is 0. The fourth-order valence-corrected chi connectivity index (χ4v) is 3.66. The first-order valence-electron chi connectivity index (χ1n) is 7.41. The van der Waals surface area contributed by atoms with E-state index in [2.05, 4.69) is 62.0 Å². The lowest BCUT2D eigenvalue weighted by Gasteiger charge is -2.20. The fourth-order valence-electron chi connectivity index (χ4n) is 2.98. The van der Waals surface area contributed by atoms with E-state index >= 15 is 0 Å². The largest absolute Gasteiger partial charge is 0.314 e. The molecule has 1 aromatic carbocycles. The summed E-state index contributed by atoms with van der Waals surface area (Å²) in [6, 6.07) is 7.37. The summed E-state index contributed by atoms with van der Waals surface area (Å²) in [5.41, 5.74) is 7.17.